The Morgan fingerprint density at radius 3 is 2.00 bits per heavy atom. The molecule has 0 amide bonds. The van der Waals surface area contributed by atoms with Crippen LogP contribution in [0.5, 0.6) is 0 Å². The summed E-state index contributed by atoms with van der Waals surface area (Å²) in [4.78, 5) is 2.21. The van der Waals surface area contributed by atoms with Crippen molar-refractivity contribution in [3.63, 3.8) is 0 Å². The Morgan fingerprint density at radius 1 is 1.75 bits per heavy atom. The van der Waals surface area contributed by atoms with Crippen molar-refractivity contribution < 1.29 is 0 Å². The molecule has 22 valence electrons. The number of rotatable bonds is 0. The fraction of sp³-hybridized carbons (Fsp3) is 0.667. The first-order valence-electron chi connectivity index (χ1n) is 1.49. The number of hydrogen-bond acceptors (Lipinski definition) is 0. The first kappa shape index (κ1) is 4.40. The summed E-state index contributed by atoms with van der Waals surface area (Å²) < 4.78 is 0. The van der Waals surface area contributed by atoms with Crippen LogP contribution in [0.25, 0.3) is 0 Å². The van der Waals surface area contributed by atoms with Gasteiger partial charge in [-0.15, -0.1) is 0 Å². The molecular formula is C3H7Al. The van der Waals surface area contributed by atoms with Crippen molar-refractivity contribution in [2.75, 3.05) is 0 Å². The van der Waals surface area contributed by atoms with Crippen LogP contribution in [0.2, 0.25) is 5.79 Å². The van der Waals surface area contributed by atoms with Gasteiger partial charge in [0.25, 0.3) is 0 Å². The van der Waals surface area contributed by atoms with E-state index in [1.165, 1.54) is 0 Å². The van der Waals surface area contributed by atoms with E-state index in [4.69, 9.17) is 0 Å². The molecule has 0 radical (unpaired) electrons. The Hall–Kier alpha value is 0.402. The molecule has 0 aromatic carbocycles. The van der Waals surface area contributed by atoms with Crippen LogP contribution in [0.1, 0.15) is 6.92 Å². The first-order valence-corrected chi connectivity index (χ1v) is 3.31. The van der Waals surface area contributed by atoms with Gasteiger partial charge in [0.05, 0.1) is 0 Å². The fourth-order valence-corrected chi connectivity index (χ4v) is 0. The molecule has 1 heteroatoms. The van der Waals surface area contributed by atoms with E-state index in [1.807, 2.05) is 0 Å². The zero-order valence-electron chi connectivity index (χ0n) is 3.15. The Morgan fingerprint density at radius 2 is 2.00 bits per heavy atom. The van der Waals surface area contributed by atoms with E-state index >= 15 is 0 Å². The van der Waals surface area contributed by atoms with Gasteiger partial charge in [-0.05, 0) is 0 Å². The molecular weight excluding hydrogens is 63.0 g/mol. The van der Waals surface area contributed by atoms with Crippen LogP contribution in [-0.4, -0.2) is 19.7 Å². The molecule has 0 rings (SSSR count). The van der Waals surface area contributed by atoms with Crippen LogP contribution in [0, 0.1) is 0 Å². The molecule has 0 nitrogen and oxygen atoms in total. The second kappa shape index (κ2) is 3.40. The van der Waals surface area contributed by atoms with Gasteiger partial charge in [-0.25, -0.2) is 0 Å². The van der Waals surface area contributed by atoms with E-state index in [9.17, 15) is 0 Å². The van der Waals surface area contributed by atoms with Crippen LogP contribution >= 0.6 is 0 Å². The zero-order valence-corrected chi connectivity index (χ0v) is 4.31. The van der Waals surface area contributed by atoms with Gasteiger partial charge in [0.15, 0.2) is 0 Å². The predicted octanol–water partition coefficient (Wildman–Crippen LogP) is 0.561. The Labute approximate surface area is 33.1 Å². The minimum absolute atomic E-state index is 0.657. The van der Waals surface area contributed by atoms with Crippen LogP contribution < -0.4 is 0 Å². The third-order valence-electron chi connectivity index (χ3n) is 0.333. The molecule has 0 unspecified atom stereocenters. The molecule has 0 aromatic heterocycles. The average molecular weight is 70.1 g/mol. The summed E-state index contributed by atoms with van der Waals surface area (Å²) in [6.45, 7) is 2.09. The van der Waals surface area contributed by atoms with Gasteiger partial charge >= 0.3 is 32.4 Å². The summed E-state index contributed by atoms with van der Waals surface area (Å²) in [5.41, 5.74) is 0. The van der Waals surface area contributed by atoms with E-state index in [0.29, 0.717) is 14.8 Å². The molecule has 0 heterocycles. The molecule has 4 heavy (non-hydrogen) atoms. The van der Waals surface area contributed by atoms with Crippen molar-refractivity contribution in [1.29, 1.82) is 0 Å². The summed E-state index contributed by atoms with van der Waals surface area (Å²) >= 11 is 0.657. The third-order valence-corrected chi connectivity index (χ3v) is 1.00. The molecule has 0 aliphatic carbocycles. The first-order chi connectivity index (χ1) is 1.91. The van der Waals surface area contributed by atoms with Crippen molar-refractivity contribution >= 4 is 19.7 Å². The quantitative estimate of drug-likeness (QED) is 0.365. The summed E-state index contributed by atoms with van der Waals surface area (Å²) in [6.07, 6.45) is 0. The van der Waals surface area contributed by atoms with E-state index < -0.39 is 0 Å². The van der Waals surface area contributed by atoms with Gasteiger partial charge in [0.2, 0.25) is 0 Å². The molecule has 0 saturated carbocycles. The molecule has 0 spiro atoms. The topological polar surface area (TPSA) is 0 Å². The monoisotopic (exact) mass is 70.0 g/mol. The Balaban J connectivity index is 2.55. The van der Waals surface area contributed by atoms with Crippen LogP contribution in [-0.2, 0) is 0 Å². The summed E-state index contributed by atoms with van der Waals surface area (Å²) in [6, 6.07) is 0. The fourth-order valence-electron chi connectivity index (χ4n) is 0. The predicted molar refractivity (Wildman–Crippen MR) is 23.4 cm³/mol. The van der Waals surface area contributed by atoms with Crippen molar-refractivity contribution in [1.82, 2.24) is 0 Å². The van der Waals surface area contributed by atoms with Gasteiger partial charge in [-0.3, -0.25) is 0 Å². The Kier molecular flexibility index (Phi) is 3.74. The average Bonchev–Trinajstić information content (AvgIpc) is 1.37. The standard InChI is InChI=1S/C2H4.CH3.Al/c1-2;;/h1H,2H3;1H3;. The third kappa shape index (κ3) is 2.40. The van der Waals surface area contributed by atoms with Crippen molar-refractivity contribution in [3.05, 3.63) is 0 Å². The van der Waals surface area contributed by atoms with Gasteiger partial charge in [-0.2, -0.15) is 0 Å². The van der Waals surface area contributed by atoms with Gasteiger partial charge in [0.1, 0.15) is 0 Å². The molecule has 0 N–H and O–H groups in total. The molecule has 0 fully saturated rings. The van der Waals surface area contributed by atoms with Gasteiger partial charge in [-0.1, -0.05) is 0 Å². The Bertz CT molecular complexity index is 18.5. The van der Waals surface area contributed by atoms with Gasteiger partial charge < -0.3 is 0 Å². The summed E-state index contributed by atoms with van der Waals surface area (Å²) in [5.74, 6) is 2.21. The van der Waals surface area contributed by atoms with E-state index in [-0.39, 0.29) is 0 Å². The maximum atomic E-state index is 2.21. The van der Waals surface area contributed by atoms with Crippen LogP contribution in [0.3, 0.4) is 0 Å². The second-order valence-electron chi connectivity index (χ2n) is 0.667. The molecule has 0 aliphatic heterocycles. The maximum absolute atomic E-state index is 2.21. The number of hydrogen-bond donors (Lipinski definition) is 0. The second-order valence-corrected chi connectivity index (χ2v) is 2.00. The van der Waals surface area contributed by atoms with E-state index in [2.05, 4.69) is 17.6 Å². The van der Waals surface area contributed by atoms with Crippen molar-refractivity contribution in [2.45, 2.75) is 12.7 Å². The summed E-state index contributed by atoms with van der Waals surface area (Å²) in [7, 11) is 0. The van der Waals surface area contributed by atoms with E-state index in [0.717, 1.165) is 0 Å². The zero-order chi connectivity index (χ0) is 3.41. The van der Waals surface area contributed by atoms with Crippen LogP contribution in [0.4, 0.5) is 0 Å². The molecule has 0 saturated heterocycles. The van der Waals surface area contributed by atoms with Crippen molar-refractivity contribution in [3.8, 4) is 0 Å². The minimum atomic E-state index is 0.657. The normalized spacial score (nSPS) is 7.50. The van der Waals surface area contributed by atoms with Gasteiger partial charge in [0, 0.05) is 0 Å². The molecule has 0 bridgehead atoms. The molecule has 0 aromatic rings. The van der Waals surface area contributed by atoms with E-state index in [1.54, 1.807) is 0 Å². The summed E-state index contributed by atoms with van der Waals surface area (Å²) in [5, 5.41) is 0. The van der Waals surface area contributed by atoms with Crippen molar-refractivity contribution in [2.24, 2.45) is 0 Å². The molecule has 0 aliphatic rings. The molecule has 0 atom stereocenters. The van der Waals surface area contributed by atoms with Crippen LogP contribution in [0.15, 0.2) is 0 Å². The SMILES string of the molecule is C[CH]=[Al][CH3].